The van der Waals surface area contributed by atoms with E-state index in [1.165, 1.54) is 0 Å². The Morgan fingerprint density at radius 2 is 1.89 bits per heavy atom. The molecule has 1 aromatic heterocycles. The number of hydrogen-bond acceptors (Lipinski definition) is 4. The Bertz CT molecular complexity index is 388. The molecular formula is C15H28N4. The van der Waals surface area contributed by atoms with Gasteiger partial charge >= 0.3 is 0 Å². The van der Waals surface area contributed by atoms with Gasteiger partial charge in [0.15, 0.2) is 0 Å². The van der Waals surface area contributed by atoms with Crippen molar-refractivity contribution < 1.29 is 0 Å². The second-order valence-electron chi connectivity index (χ2n) is 5.83. The zero-order valence-corrected chi connectivity index (χ0v) is 13.2. The Hall–Kier alpha value is -1.32. The molecule has 0 amide bonds. The van der Waals surface area contributed by atoms with Crippen LogP contribution in [0.4, 0.5) is 11.6 Å². The molecule has 0 aromatic carbocycles. The van der Waals surface area contributed by atoms with Crippen LogP contribution in [0.5, 0.6) is 0 Å². The summed E-state index contributed by atoms with van der Waals surface area (Å²) in [5.74, 6) is 3.81. The van der Waals surface area contributed by atoms with Gasteiger partial charge in [-0.1, -0.05) is 34.6 Å². The van der Waals surface area contributed by atoms with Gasteiger partial charge in [0.05, 0.1) is 0 Å². The van der Waals surface area contributed by atoms with Gasteiger partial charge in [-0.25, -0.2) is 9.97 Å². The quantitative estimate of drug-likeness (QED) is 0.818. The molecule has 0 aliphatic carbocycles. The summed E-state index contributed by atoms with van der Waals surface area (Å²) in [6.07, 6.45) is 1.10. The number of anilines is 2. The molecule has 1 aromatic rings. The maximum absolute atomic E-state index is 4.67. The molecule has 0 unspecified atom stereocenters. The van der Waals surface area contributed by atoms with Gasteiger partial charge in [0.1, 0.15) is 17.5 Å². The third kappa shape index (κ3) is 5.05. The molecule has 0 fully saturated rings. The van der Waals surface area contributed by atoms with E-state index in [-0.39, 0.29) is 0 Å². The molecule has 4 nitrogen and oxygen atoms in total. The normalized spacial score (nSPS) is 11.2. The Kier molecular flexibility index (Phi) is 6.06. The molecule has 1 N–H and O–H groups in total. The first kappa shape index (κ1) is 15.7. The molecule has 1 heterocycles. The predicted molar refractivity (Wildman–Crippen MR) is 83.0 cm³/mol. The van der Waals surface area contributed by atoms with E-state index in [0.717, 1.165) is 37.0 Å². The van der Waals surface area contributed by atoms with Crippen LogP contribution in [-0.4, -0.2) is 30.1 Å². The summed E-state index contributed by atoms with van der Waals surface area (Å²) < 4.78 is 0. The Balaban J connectivity index is 2.98. The molecular weight excluding hydrogens is 236 g/mol. The largest absolute Gasteiger partial charge is 0.370 e. The fourth-order valence-corrected chi connectivity index (χ4v) is 1.89. The van der Waals surface area contributed by atoms with Crippen molar-refractivity contribution in [3.8, 4) is 0 Å². The summed E-state index contributed by atoms with van der Waals surface area (Å²) in [5, 5.41) is 3.36. The molecule has 0 atom stereocenters. The minimum absolute atomic E-state index is 0.342. The van der Waals surface area contributed by atoms with Crippen LogP contribution >= 0.6 is 0 Å². The van der Waals surface area contributed by atoms with E-state index in [0.29, 0.717) is 11.8 Å². The van der Waals surface area contributed by atoms with Crippen molar-refractivity contribution in [1.29, 1.82) is 0 Å². The van der Waals surface area contributed by atoms with Gasteiger partial charge in [-0.05, 0) is 12.3 Å². The fourth-order valence-electron chi connectivity index (χ4n) is 1.89. The second-order valence-corrected chi connectivity index (χ2v) is 5.83. The van der Waals surface area contributed by atoms with Crippen molar-refractivity contribution in [3.05, 3.63) is 11.9 Å². The monoisotopic (exact) mass is 264 g/mol. The van der Waals surface area contributed by atoms with E-state index in [1.54, 1.807) is 0 Å². The van der Waals surface area contributed by atoms with Crippen molar-refractivity contribution in [3.63, 3.8) is 0 Å². The van der Waals surface area contributed by atoms with E-state index in [2.05, 4.69) is 61.9 Å². The topological polar surface area (TPSA) is 41.0 Å². The smallest absolute Gasteiger partial charge is 0.135 e. The molecule has 4 heteroatoms. The summed E-state index contributed by atoms with van der Waals surface area (Å²) in [7, 11) is 2.09. The van der Waals surface area contributed by atoms with Crippen molar-refractivity contribution >= 4 is 11.6 Å². The van der Waals surface area contributed by atoms with Crippen LogP contribution in [0.2, 0.25) is 0 Å². The van der Waals surface area contributed by atoms with E-state index in [4.69, 9.17) is 0 Å². The number of rotatable bonds is 7. The van der Waals surface area contributed by atoms with Gasteiger partial charge in [0.25, 0.3) is 0 Å². The maximum atomic E-state index is 4.67. The molecule has 0 aliphatic rings. The molecule has 0 saturated carbocycles. The first-order valence-corrected chi connectivity index (χ1v) is 7.28. The SMILES string of the molecule is CCCNc1cc(N(C)CC(C)C)nc(C(C)C)n1. The molecule has 0 bridgehead atoms. The summed E-state index contributed by atoms with van der Waals surface area (Å²) in [6, 6.07) is 2.05. The lowest BCUT2D eigenvalue weighted by Crippen LogP contribution is -2.24. The highest BCUT2D eigenvalue weighted by atomic mass is 15.2. The van der Waals surface area contributed by atoms with Crippen LogP contribution in [0.3, 0.4) is 0 Å². The van der Waals surface area contributed by atoms with Crippen LogP contribution in [0.25, 0.3) is 0 Å². The summed E-state index contributed by atoms with van der Waals surface area (Å²) in [6.45, 7) is 12.8. The van der Waals surface area contributed by atoms with Crippen molar-refractivity contribution in [2.75, 3.05) is 30.4 Å². The van der Waals surface area contributed by atoms with E-state index in [9.17, 15) is 0 Å². The average molecular weight is 264 g/mol. The highest BCUT2D eigenvalue weighted by Gasteiger charge is 2.11. The van der Waals surface area contributed by atoms with Crippen molar-refractivity contribution in [2.45, 2.75) is 47.0 Å². The lowest BCUT2D eigenvalue weighted by molar-refractivity contribution is 0.631. The van der Waals surface area contributed by atoms with E-state index >= 15 is 0 Å². The Morgan fingerprint density at radius 3 is 2.42 bits per heavy atom. The first-order chi connectivity index (χ1) is 8.93. The average Bonchev–Trinajstić information content (AvgIpc) is 2.35. The Labute approximate surface area is 117 Å². The van der Waals surface area contributed by atoms with Gasteiger partial charge < -0.3 is 10.2 Å². The summed E-state index contributed by atoms with van der Waals surface area (Å²) in [5.41, 5.74) is 0. The summed E-state index contributed by atoms with van der Waals surface area (Å²) in [4.78, 5) is 11.5. The van der Waals surface area contributed by atoms with Crippen LogP contribution in [0.15, 0.2) is 6.07 Å². The van der Waals surface area contributed by atoms with Crippen LogP contribution < -0.4 is 10.2 Å². The predicted octanol–water partition coefficient (Wildman–Crippen LogP) is 3.51. The number of nitrogens with one attached hydrogen (secondary N) is 1. The molecule has 0 radical (unpaired) electrons. The second kappa shape index (κ2) is 7.31. The number of hydrogen-bond donors (Lipinski definition) is 1. The lowest BCUT2D eigenvalue weighted by Gasteiger charge is -2.22. The third-order valence-corrected chi connectivity index (χ3v) is 2.83. The minimum atomic E-state index is 0.342. The van der Waals surface area contributed by atoms with Crippen molar-refractivity contribution in [2.24, 2.45) is 5.92 Å². The third-order valence-electron chi connectivity index (χ3n) is 2.83. The highest BCUT2D eigenvalue weighted by molar-refractivity contribution is 5.49. The zero-order valence-electron chi connectivity index (χ0n) is 13.2. The van der Waals surface area contributed by atoms with Crippen LogP contribution in [-0.2, 0) is 0 Å². The highest BCUT2D eigenvalue weighted by Crippen LogP contribution is 2.20. The van der Waals surface area contributed by atoms with E-state index < -0.39 is 0 Å². The zero-order chi connectivity index (χ0) is 14.4. The Morgan fingerprint density at radius 1 is 1.21 bits per heavy atom. The molecule has 0 spiro atoms. The van der Waals surface area contributed by atoms with Crippen LogP contribution in [0, 0.1) is 5.92 Å². The van der Waals surface area contributed by atoms with Crippen molar-refractivity contribution in [1.82, 2.24) is 9.97 Å². The standard InChI is InChI=1S/C15H28N4/c1-7-8-16-13-9-14(19(6)10-11(2)3)18-15(17-13)12(4)5/h9,11-12H,7-8,10H2,1-6H3,(H,16,17,18). The molecule has 0 aliphatic heterocycles. The lowest BCUT2D eigenvalue weighted by atomic mass is 10.2. The molecule has 0 saturated heterocycles. The van der Waals surface area contributed by atoms with Gasteiger partial charge in [-0.3, -0.25) is 0 Å². The van der Waals surface area contributed by atoms with Crippen LogP contribution in [0.1, 0.15) is 52.8 Å². The maximum Gasteiger partial charge on any atom is 0.135 e. The van der Waals surface area contributed by atoms with Gasteiger partial charge in [-0.15, -0.1) is 0 Å². The van der Waals surface area contributed by atoms with Gasteiger partial charge in [-0.2, -0.15) is 0 Å². The van der Waals surface area contributed by atoms with E-state index in [1.807, 2.05) is 6.07 Å². The molecule has 19 heavy (non-hydrogen) atoms. The molecule has 108 valence electrons. The fraction of sp³-hybridized carbons (Fsp3) is 0.733. The van der Waals surface area contributed by atoms with Gasteiger partial charge in [0, 0.05) is 32.1 Å². The number of aromatic nitrogens is 2. The number of nitrogens with zero attached hydrogens (tertiary/aromatic N) is 3. The molecule has 1 rings (SSSR count). The van der Waals surface area contributed by atoms with Gasteiger partial charge in [0.2, 0.25) is 0 Å². The summed E-state index contributed by atoms with van der Waals surface area (Å²) >= 11 is 0. The minimum Gasteiger partial charge on any atom is -0.370 e. The first-order valence-electron chi connectivity index (χ1n) is 7.28.